The van der Waals surface area contributed by atoms with Gasteiger partial charge >= 0.3 is 0 Å². The molecule has 0 radical (unpaired) electrons. The number of ether oxygens (including phenoxy) is 1. The van der Waals surface area contributed by atoms with Crippen molar-refractivity contribution in [1.29, 1.82) is 0 Å². The van der Waals surface area contributed by atoms with Crippen LogP contribution in [0.1, 0.15) is 32.8 Å². The maximum atomic E-state index is 14.7. The summed E-state index contributed by atoms with van der Waals surface area (Å²) in [7, 11) is 0. The van der Waals surface area contributed by atoms with Crippen LogP contribution >= 0.6 is 0 Å². The van der Waals surface area contributed by atoms with Crippen molar-refractivity contribution in [2.45, 2.75) is 39.8 Å². The van der Waals surface area contributed by atoms with Crippen molar-refractivity contribution >= 4 is 5.82 Å². The second kappa shape index (κ2) is 7.71. The van der Waals surface area contributed by atoms with Gasteiger partial charge in [0.05, 0.1) is 6.10 Å². The third-order valence-corrected chi connectivity index (χ3v) is 3.57. The molecular weight excluding hydrogens is 269 g/mol. The second-order valence-electron chi connectivity index (χ2n) is 6.11. The van der Waals surface area contributed by atoms with Gasteiger partial charge in [-0.1, -0.05) is 13.8 Å². The molecule has 0 aliphatic carbocycles. The van der Waals surface area contributed by atoms with E-state index in [1.165, 1.54) is 0 Å². The van der Waals surface area contributed by atoms with Gasteiger partial charge in [-0.25, -0.2) is 9.37 Å². The average Bonchev–Trinajstić information content (AvgIpc) is 2.65. The molecule has 1 N–H and O–H groups in total. The largest absolute Gasteiger partial charge is 0.377 e. The molecule has 1 fully saturated rings. The lowest BCUT2D eigenvalue weighted by molar-refractivity contribution is 0.0820. The molecule has 1 aliphatic heterocycles. The molecule has 0 spiro atoms. The number of halogens is 1. The minimum Gasteiger partial charge on any atom is -0.377 e. The van der Waals surface area contributed by atoms with E-state index in [1.54, 1.807) is 12.3 Å². The van der Waals surface area contributed by atoms with Crippen LogP contribution in [0.15, 0.2) is 12.3 Å². The Morgan fingerprint density at radius 3 is 3.10 bits per heavy atom. The van der Waals surface area contributed by atoms with Crippen molar-refractivity contribution in [2.24, 2.45) is 5.92 Å². The van der Waals surface area contributed by atoms with Crippen LogP contribution in [-0.4, -0.2) is 37.3 Å². The maximum Gasteiger partial charge on any atom is 0.170 e. The smallest absolute Gasteiger partial charge is 0.170 e. The molecule has 4 nitrogen and oxygen atoms in total. The monoisotopic (exact) mass is 295 g/mol. The van der Waals surface area contributed by atoms with Crippen molar-refractivity contribution in [3.8, 4) is 0 Å². The number of aromatic nitrogens is 1. The standard InChI is InChI=1S/C16H26FN3O/c1-12(2)9-18-10-14-5-6-19-16(15(14)17)20-7-4-8-21-13(3)11-20/h5-6,12-13,18H,4,7-11H2,1-3H3. The third-order valence-electron chi connectivity index (χ3n) is 3.57. The lowest BCUT2D eigenvalue weighted by atomic mass is 10.2. The van der Waals surface area contributed by atoms with E-state index in [-0.39, 0.29) is 11.9 Å². The number of rotatable bonds is 5. The minimum atomic E-state index is -0.206. The summed E-state index contributed by atoms with van der Waals surface area (Å²) in [6.07, 6.45) is 2.71. The highest BCUT2D eigenvalue weighted by atomic mass is 19.1. The summed E-state index contributed by atoms with van der Waals surface area (Å²) in [4.78, 5) is 6.25. The van der Waals surface area contributed by atoms with Crippen LogP contribution in [0.25, 0.3) is 0 Å². The Morgan fingerprint density at radius 2 is 2.33 bits per heavy atom. The molecule has 0 aromatic carbocycles. The van der Waals surface area contributed by atoms with E-state index < -0.39 is 0 Å². The molecule has 1 aromatic heterocycles. The van der Waals surface area contributed by atoms with Crippen molar-refractivity contribution in [3.05, 3.63) is 23.6 Å². The zero-order chi connectivity index (χ0) is 15.2. The minimum absolute atomic E-state index is 0.108. The summed E-state index contributed by atoms with van der Waals surface area (Å²) in [5.41, 5.74) is 0.679. The molecule has 1 saturated heterocycles. The number of pyridine rings is 1. The summed E-state index contributed by atoms with van der Waals surface area (Å²) >= 11 is 0. The number of hydrogen-bond acceptors (Lipinski definition) is 4. The maximum absolute atomic E-state index is 14.7. The lowest BCUT2D eigenvalue weighted by Gasteiger charge is -2.24. The molecule has 1 unspecified atom stereocenters. The van der Waals surface area contributed by atoms with Crippen molar-refractivity contribution in [2.75, 3.05) is 31.1 Å². The fourth-order valence-corrected chi connectivity index (χ4v) is 2.51. The molecular formula is C16H26FN3O. The average molecular weight is 295 g/mol. The van der Waals surface area contributed by atoms with Crippen LogP contribution in [0.5, 0.6) is 0 Å². The van der Waals surface area contributed by atoms with Gasteiger partial charge in [0.15, 0.2) is 11.6 Å². The van der Waals surface area contributed by atoms with Crippen LogP contribution in [-0.2, 0) is 11.3 Å². The topological polar surface area (TPSA) is 37.4 Å². The zero-order valence-corrected chi connectivity index (χ0v) is 13.2. The predicted octanol–water partition coefficient (Wildman–Crippen LogP) is 2.58. The van der Waals surface area contributed by atoms with E-state index in [0.717, 1.165) is 26.1 Å². The third kappa shape index (κ3) is 4.64. The lowest BCUT2D eigenvalue weighted by Crippen LogP contribution is -2.32. The molecule has 118 valence electrons. The highest BCUT2D eigenvalue weighted by molar-refractivity contribution is 5.43. The van der Waals surface area contributed by atoms with E-state index in [1.807, 2.05) is 11.8 Å². The van der Waals surface area contributed by atoms with Gasteiger partial charge < -0.3 is 15.0 Å². The first-order valence-corrected chi connectivity index (χ1v) is 7.78. The van der Waals surface area contributed by atoms with Crippen molar-refractivity contribution in [3.63, 3.8) is 0 Å². The van der Waals surface area contributed by atoms with Gasteiger partial charge in [-0.05, 0) is 31.9 Å². The Labute approximate surface area is 126 Å². The summed E-state index contributed by atoms with van der Waals surface area (Å²) in [6.45, 7) is 9.92. The van der Waals surface area contributed by atoms with E-state index in [9.17, 15) is 4.39 Å². The molecule has 1 atom stereocenters. The molecule has 0 saturated carbocycles. The van der Waals surface area contributed by atoms with Crippen LogP contribution in [0, 0.1) is 11.7 Å². The van der Waals surface area contributed by atoms with E-state index >= 15 is 0 Å². The fourth-order valence-electron chi connectivity index (χ4n) is 2.51. The Kier molecular flexibility index (Phi) is 5.94. The van der Waals surface area contributed by atoms with E-state index in [2.05, 4.69) is 24.1 Å². The SMILES string of the molecule is CC(C)CNCc1ccnc(N2CCCOC(C)C2)c1F. The van der Waals surface area contributed by atoms with E-state index in [4.69, 9.17) is 4.74 Å². The van der Waals surface area contributed by atoms with Crippen LogP contribution in [0.2, 0.25) is 0 Å². The van der Waals surface area contributed by atoms with Gasteiger partial charge in [0, 0.05) is 38.0 Å². The number of hydrogen-bond donors (Lipinski definition) is 1. The Hall–Kier alpha value is -1.20. The number of nitrogens with zero attached hydrogens (tertiary/aromatic N) is 2. The normalized spacial score (nSPS) is 19.9. The first kappa shape index (κ1) is 16.2. The molecule has 1 aliphatic rings. The molecule has 21 heavy (non-hydrogen) atoms. The van der Waals surface area contributed by atoms with Gasteiger partial charge in [-0.3, -0.25) is 0 Å². The van der Waals surface area contributed by atoms with Crippen molar-refractivity contribution < 1.29 is 9.13 Å². The highest BCUT2D eigenvalue weighted by Crippen LogP contribution is 2.21. The molecule has 1 aromatic rings. The summed E-state index contributed by atoms with van der Waals surface area (Å²) < 4.78 is 20.3. The molecule has 2 heterocycles. The summed E-state index contributed by atoms with van der Waals surface area (Å²) in [6, 6.07) is 1.75. The zero-order valence-electron chi connectivity index (χ0n) is 13.2. The molecule has 2 rings (SSSR count). The Balaban J connectivity index is 2.09. The van der Waals surface area contributed by atoms with Gasteiger partial charge in [-0.2, -0.15) is 0 Å². The molecule has 5 heteroatoms. The van der Waals surface area contributed by atoms with Crippen LogP contribution in [0.3, 0.4) is 0 Å². The molecule has 0 amide bonds. The van der Waals surface area contributed by atoms with Gasteiger partial charge in [0.25, 0.3) is 0 Å². The second-order valence-corrected chi connectivity index (χ2v) is 6.11. The van der Waals surface area contributed by atoms with Crippen molar-refractivity contribution in [1.82, 2.24) is 10.3 Å². The predicted molar refractivity (Wildman–Crippen MR) is 83.0 cm³/mol. The van der Waals surface area contributed by atoms with Gasteiger partial charge in [0.2, 0.25) is 0 Å². The fraction of sp³-hybridized carbons (Fsp3) is 0.688. The van der Waals surface area contributed by atoms with E-state index in [0.29, 0.717) is 30.4 Å². The highest BCUT2D eigenvalue weighted by Gasteiger charge is 2.20. The number of nitrogens with one attached hydrogen (secondary N) is 1. The molecule has 0 bridgehead atoms. The van der Waals surface area contributed by atoms with Crippen LogP contribution in [0.4, 0.5) is 10.2 Å². The van der Waals surface area contributed by atoms with Gasteiger partial charge in [0.1, 0.15) is 0 Å². The quantitative estimate of drug-likeness (QED) is 0.906. The first-order chi connectivity index (χ1) is 10.1. The first-order valence-electron chi connectivity index (χ1n) is 7.78. The Morgan fingerprint density at radius 1 is 1.52 bits per heavy atom. The summed E-state index contributed by atoms with van der Waals surface area (Å²) in [5.74, 6) is 0.803. The van der Waals surface area contributed by atoms with Gasteiger partial charge in [-0.15, -0.1) is 0 Å². The Bertz CT molecular complexity index is 453. The van der Waals surface area contributed by atoms with Crippen LogP contribution < -0.4 is 10.2 Å². The number of anilines is 1. The summed E-state index contributed by atoms with van der Waals surface area (Å²) in [5, 5.41) is 3.28.